The predicted octanol–water partition coefficient (Wildman–Crippen LogP) is 4.29. The van der Waals surface area contributed by atoms with E-state index in [0.29, 0.717) is 11.0 Å². The molecule has 1 unspecified atom stereocenters. The lowest BCUT2D eigenvalue weighted by Gasteiger charge is -2.13. The van der Waals surface area contributed by atoms with Crippen LogP contribution in [-0.2, 0) is 11.2 Å². The second-order valence-corrected chi connectivity index (χ2v) is 8.40. The fourth-order valence-electron chi connectivity index (χ4n) is 3.14. The third kappa shape index (κ3) is 3.97. The summed E-state index contributed by atoms with van der Waals surface area (Å²) in [6.07, 6.45) is 3.04. The number of pyridine rings is 1. The van der Waals surface area contributed by atoms with E-state index in [1.54, 1.807) is 12.3 Å². The summed E-state index contributed by atoms with van der Waals surface area (Å²) in [5.41, 5.74) is 1.20. The molecular weight excluding hydrogens is 422 g/mol. The summed E-state index contributed by atoms with van der Waals surface area (Å²) in [6.45, 7) is 0. The first-order valence-corrected chi connectivity index (χ1v) is 10.4. The standard InChI is InChI=1S/C22H18F2N4O2S/c1-28(2)31(30)27-18-9-8-17(23)19(20(18)24)21(29)16-12-26-22-15(16)10-14(11-25-22)13-6-4-3-5-7-13/h3-12,27H,1-2H3,(H,25,26). The number of halogens is 2. The zero-order chi connectivity index (χ0) is 22.1. The number of ketones is 1. The van der Waals surface area contributed by atoms with Crippen molar-refractivity contribution in [3.8, 4) is 11.1 Å². The molecule has 4 aromatic rings. The van der Waals surface area contributed by atoms with Gasteiger partial charge in [0.1, 0.15) is 11.5 Å². The molecule has 2 heterocycles. The third-order valence-electron chi connectivity index (χ3n) is 4.73. The molecular formula is C22H18F2N4O2S. The molecule has 1 atom stereocenters. The van der Waals surface area contributed by atoms with Crippen LogP contribution in [0, 0.1) is 11.6 Å². The molecule has 4 rings (SSSR count). The molecule has 31 heavy (non-hydrogen) atoms. The van der Waals surface area contributed by atoms with Gasteiger partial charge in [-0.15, -0.1) is 0 Å². The zero-order valence-corrected chi connectivity index (χ0v) is 17.5. The van der Waals surface area contributed by atoms with Gasteiger partial charge in [-0.25, -0.2) is 22.3 Å². The Hall–Kier alpha value is -3.43. The normalized spacial score (nSPS) is 12.3. The van der Waals surface area contributed by atoms with Gasteiger partial charge in [0.05, 0.1) is 11.3 Å². The van der Waals surface area contributed by atoms with Gasteiger partial charge < -0.3 is 4.98 Å². The van der Waals surface area contributed by atoms with E-state index in [4.69, 9.17) is 0 Å². The number of carbonyl (C=O) groups is 1. The third-order valence-corrected chi connectivity index (χ3v) is 5.79. The van der Waals surface area contributed by atoms with Crippen LogP contribution < -0.4 is 4.72 Å². The maximum atomic E-state index is 15.0. The number of rotatable bonds is 6. The summed E-state index contributed by atoms with van der Waals surface area (Å²) in [5, 5.41) is 0.445. The second kappa shape index (κ2) is 8.37. The van der Waals surface area contributed by atoms with Crippen molar-refractivity contribution >= 4 is 33.7 Å². The van der Waals surface area contributed by atoms with Crippen LogP contribution in [0.5, 0.6) is 0 Å². The van der Waals surface area contributed by atoms with E-state index in [9.17, 15) is 13.4 Å². The average Bonchev–Trinajstić information content (AvgIpc) is 3.19. The van der Waals surface area contributed by atoms with Gasteiger partial charge in [-0.2, -0.15) is 0 Å². The highest BCUT2D eigenvalue weighted by Crippen LogP contribution is 2.29. The van der Waals surface area contributed by atoms with E-state index in [2.05, 4.69) is 14.7 Å². The molecule has 2 aromatic heterocycles. The van der Waals surface area contributed by atoms with E-state index in [1.807, 2.05) is 30.3 Å². The molecule has 0 spiro atoms. The number of nitrogens with one attached hydrogen (secondary N) is 2. The maximum Gasteiger partial charge on any atom is 0.201 e. The predicted molar refractivity (Wildman–Crippen MR) is 117 cm³/mol. The summed E-state index contributed by atoms with van der Waals surface area (Å²) in [6, 6.07) is 13.3. The number of H-pyrrole nitrogens is 1. The lowest BCUT2D eigenvalue weighted by atomic mass is 10.00. The molecule has 6 nitrogen and oxygen atoms in total. The van der Waals surface area contributed by atoms with Crippen LogP contribution in [-0.4, -0.2) is 38.4 Å². The van der Waals surface area contributed by atoms with Crippen LogP contribution in [0.15, 0.2) is 60.9 Å². The van der Waals surface area contributed by atoms with Gasteiger partial charge in [0.15, 0.2) is 17.0 Å². The van der Waals surface area contributed by atoms with Gasteiger partial charge in [0.25, 0.3) is 0 Å². The van der Waals surface area contributed by atoms with E-state index in [1.165, 1.54) is 24.6 Å². The average molecular weight is 440 g/mol. The number of anilines is 1. The summed E-state index contributed by atoms with van der Waals surface area (Å²) in [4.78, 5) is 20.3. The number of benzene rings is 2. The molecule has 158 valence electrons. The van der Waals surface area contributed by atoms with Crippen LogP contribution in [0.3, 0.4) is 0 Å². The highest BCUT2D eigenvalue weighted by atomic mass is 32.2. The zero-order valence-electron chi connectivity index (χ0n) is 16.6. The molecule has 2 aromatic carbocycles. The van der Waals surface area contributed by atoms with Crippen LogP contribution in [0.4, 0.5) is 14.5 Å². The van der Waals surface area contributed by atoms with Crippen molar-refractivity contribution in [3.63, 3.8) is 0 Å². The van der Waals surface area contributed by atoms with Crippen molar-refractivity contribution < 1.29 is 17.8 Å². The van der Waals surface area contributed by atoms with Crippen LogP contribution in [0.2, 0.25) is 0 Å². The minimum absolute atomic E-state index is 0.0870. The van der Waals surface area contributed by atoms with E-state index in [-0.39, 0.29) is 11.3 Å². The number of hydrogen-bond acceptors (Lipinski definition) is 3. The number of aromatic amines is 1. The molecule has 0 aliphatic heterocycles. The fraction of sp³-hybridized carbons (Fsp3) is 0.0909. The molecule has 0 saturated heterocycles. The minimum Gasteiger partial charge on any atom is -0.345 e. The van der Waals surface area contributed by atoms with Gasteiger partial charge in [0.2, 0.25) is 5.78 Å². The maximum absolute atomic E-state index is 15.0. The first-order valence-electron chi connectivity index (χ1n) is 9.28. The summed E-state index contributed by atoms with van der Waals surface area (Å²) in [5.74, 6) is -2.96. The Morgan fingerprint density at radius 1 is 1.10 bits per heavy atom. The Balaban J connectivity index is 1.79. The van der Waals surface area contributed by atoms with Crippen molar-refractivity contribution in [2.45, 2.75) is 0 Å². The first kappa shape index (κ1) is 20.8. The van der Waals surface area contributed by atoms with E-state index < -0.39 is 34.2 Å². The van der Waals surface area contributed by atoms with Crippen LogP contribution in [0.1, 0.15) is 15.9 Å². The second-order valence-electron chi connectivity index (χ2n) is 6.97. The van der Waals surface area contributed by atoms with Crippen molar-refractivity contribution in [1.29, 1.82) is 0 Å². The van der Waals surface area contributed by atoms with E-state index >= 15 is 4.39 Å². The quantitative estimate of drug-likeness (QED) is 0.439. The highest BCUT2D eigenvalue weighted by Gasteiger charge is 2.25. The number of carbonyl (C=O) groups excluding carboxylic acids is 1. The summed E-state index contributed by atoms with van der Waals surface area (Å²) >= 11 is -1.75. The largest absolute Gasteiger partial charge is 0.345 e. The van der Waals surface area contributed by atoms with Crippen LogP contribution in [0.25, 0.3) is 22.2 Å². The Morgan fingerprint density at radius 3 is 2.55 bits per heavy atom. The molecule has 0 amide bonds. The van der Waals surface area contributed by atoms with Gasteiger partial charge in [-0.3, -0.25) is 9.52 Å². The SMILES string of the molecule is CN(C)S(=O)Nc1ccc(F)c(C(=O)c2c[nH]c3ncc(-c4ccccc4)cc23)c1F. The molecule has 0 radical (unpaired) electrons. The molecule has 0 saturated carbocycles. The van der Waals surface area contributed by atoms with Crippen molar-refractivity contribution in [3.05, 3.63) is 83.7 Å². The molecule has 0 bridgehead atoms. The number of fused-ring (bicyclic) bond motifs is 1. The molecule has 9 heteroatoms. The molecule has 0 fully saturated rings. The summed E-state index contributed by atoms with van der Waals surface area (Å²) in [7, 11) is 3.06. The van der Waals surface area contributed by atoms with Gasteiger partial charge in [-0.05, 0) is 23.8 Å². The van der Waals surface area contributed by atoms with Crippen molar-refractivity contribution in [2.75, 3.05) is 18.8 Å². The Bertz CT molecular complexity index is 1310. The van der Waals surface area contributed by atoms with Gasteiger partial charge in [-0.1, -0.05) is 30.3 Å². The van der Waals surface area contributed by atoms with Gasteiger partial charge >= 0.3 is 0 Å². The van der Waals surface area contributed by atoms with Crippen molar-refractivity contribution in [2.24, 2.45) is 0 Å². The first-order chi connectivity index (χ1) is 14.9. The molecule has 2 N–H and O–H groups in total. The Kier molecular flexibility index (Phi) is 5.62. The lowest BCUT2D eigenvalue weighted by molar-refractivity contribution is 0.103. The van der Waals surface area contributed by atoms with Crippen molar-refractivity contribution in [1.82, 2.24) is 14.3 Å². The number of nitrogens with zero attached hydrogens (tertiary/aromatic N) is 2. The van der Waals surface area contributed by atoms with Gasteiger partial charge in [0, 0.05) is 43.0 Å². The topological polar surface area (TPSA) is 78.1 Å². The molecule has 0 aliphatic rings. The summed E-state index contributed by atoms with van der Waals surface area (Å²) < 4.78 is 45.3. The number of hydrogen-bond donors (Lipinski definition) is 2. The Morgan fingerprint density at radius 2 is 1.84 bits per heavy atom. The fourth-order valence-corrected chi connectivity index (χ4v) is 3.67. The minimum atomic E-state index is -1.75. The smallest absolute Gasteiger partial charge is 0.201 e. The van der Waals surface area contributed by atoms with E-state index in [0.717, 1.165) is 23.3 Å². The lowest BCUT2D eigenvalue weighted by Crippen LogP contribution is -2.23. The molecule has 0 aliphatic carbocycles. The Labute approximate surface area is 179 Å². The van der Waals surface area contributed by atoms with Crippen LogP contribution >= 0.6 is 0 Å². The number of aromatic nitrogens is 2. The monoisotopic (exact) mass is 440 g/mol. The highest BCUT2D eigenvalue weighted by molar-refractivity contribution is 7.83.